The van der Waals surface area contributed by atoms with Gasteiger partial charge in [0, 0.05) is 0 Å². The van der Waals surface area contributed by atoms with Crippen LogP contribution in [-0.2, 0) is 20.7 Å². The van der Waals surface area contributed by atoms with Crippen LogP contribution in [0.2, 0.25) is 0 Å². The molecule has 0 amide bonds. The van der Waals surface area contributed by atoms with Crippen molar-refractivity contribution < 1.29 is 12.6 Å². The van der Waals surface area contributed by atoms with Crippen molar-refractivity contribution in [2.24, 2.45) is 0 Å². The third kappa shape index (κ3) is 4.16. The van der Waals surface area contributed by atoms with Crippen LogP contribution in [0.1, 0.15) is 22.3 Å². The van der Waals surface area contributed by atoms with Gasteiger partial charge in [-0.1, -0.05) is 41.5 Å². The minimum absolute atomic E-state index is 0.153. The van der Waals surface area contributed by atoms with Crippen molar-refractivity contribution in [3.8, 4) is 0 Å². The predicted molar refractivity (Wildman–Crippen MR) is 83.9 cm³/mol. The summed E-state index contributed by atoms with van der Waals surface area (Å²) in [5.41, 5.74) is 4.45. The number of hydrogen-bond donors (Lipinski definition) is 0. The van der Waals surface area contributed by atoms with Crippen LogP contribution in [0.5, 0.6) is 0 Å². The van der Waals surface area contributed by atoms with Crippen LogP contribution in [0.25, 0.3) is 0 Å². The molecule has 0 unspecified atom stereocenters. The van der Waals surface area contributed by atoms with Crippen LogP contribution in [0.4, 0.5) is 0 Å². The molecule has 0 spiro atoms. The molecular formula is C17H20O3S. The fourth-order valence-corrected chi connectivity index (χ4v) is 3.01. The summed E-state index contributed by atoms with van der Waals surface area (Å²) in [6.07, 6.45) is 0.582. The molecule has 0 bridgehead atoms. The molecule has 4 heteroatoms. The predicted octanol–water partition coefficient (Wildman–Crippen LogP) is 3.56. The molecule has 0 aliphatic carbocycles. The Morgan fingerprint density at radius 1 is 0.905 bits per heavy atom. The van der Waals surface area contributed by atoms with E-state index in [1.54, 1.807) is 24.3 Å². The van der Waals surface area contributed by atoms with Gasteiger partial charge in [0.15, 0.2) is 0 Å². The van der Waals surface area contributed by atoms with Gasteiger partial charge in [0.25, 0.3) is 10.1 Å². The lowest BCUT2D eigenvalue weighted by molar-refractivity contribution is 0.322. The van der Waals surface area contributed by atoms with Crippen molar-refractivity contribution in [2.45, 2.75) is 32.1 Å². The molecule has 2 aromatic rings. The van der Waals surface area contributed by atoms with Crippen molar-refractivity contribution in [2.75, 3.05) is 6.61 Å². The van der Waals surface area contributed by atoms with E-state index in [2.05, 4.69) is 6.07 Å². The van der Waals surface area contributed by atoms with E-state index in [-0.39, 0.29) is 11.5 Å². The van der Waals surface area contributed by atoms with Crippen molar-refractivity contribution in [3.63, 3.8) is 0 Å². The zero-order chi connectivity index (χ0) is 15.5. The summed E-state index contributed by atoms with van der Waals surface area (Å²) >= 11 is 0. The van der Waals surface area contributed by atoms with Gasteiger partial charge in [-0.25, -0.2) is 0 Å². The Balaban J connectivity index is 2.02. The van der Waals surface area contributed by atoms with Gasteiger partial charge in [0.1, 0.15) is 0 Å². The summed E-state index contributed by atoms with van der Waals surface area (Å²) < 4.78 is 29.3. The third-order valence-corrected chi connectivity index (χ3v) is 4.75. The molecule has 0 fully saturated rings. The van der Waals surface area contributed by atoms with Crippen molar-refractivity contribution in [1.82, 2.24) is 0 Å². The van der Waals surface area contributed by atoms with E-state index < -0.39 is 10.1 Å². The summed E-state index contributed by atoms with van der Waals surface area (Å²) in [5.74, 6) is 0. The average molecular weight is 304 g/mol. The van der Waals surface area contributed by atoms with Crippen molar-refractivity contribution in [1.29, 1.82) is 0 Å². The standard InChI is InChI=1S/C17H20O3S/c1-13-5-8-17(9-6-13)21(18,19)20-11-10-16-12-14(2)4-7-15(16)3/h4-9,12H,10-11H2,1-3H3. The first-order chi connectivity index (χ1) is 9.88. The Hall–Kier alpha value is -1.65. The second kappa shape index (κ2) is 6.41. The maximum absolute atomic E-state index is 12.1. The Bertz CT molecular complexity index is 716. The second-order valence-corrected chi connectivity index (χ2v) is 6.88. The SMILES string of the molecule is Cc1ccc(S(=O)(=O)OCCc2cc(C)ccc2C)cc1. The molecule has 21 heavy (non-hydrogen) atoms. The molecule has 0 saturated carbocycles. The number of rotatable bonds is 5. The van der Waals surface area contributed by atoms with Gasteiger partial charge in [-0.3, -0.25) is 4.18 Å². The van der Waals surface area contributed by atoms with E-state index in [1.165, 1.54) is 0 Å². The lowest BCUT2D eigenvalue weighted by Gasteiger charge is -2.09. The quantitative estimate of drug-likeness (QED) is 0.793. The van der Waals surface area contributed by atoms with Crippen LogP contribution in [0.15, 0.2) is 47.4 Å². The van der Waals surface area contributed by atoms with Crippen molar-refractivity contribution in [3.05, 3.63) is 64.7 Å². The molecule has 0 N–H and O–H groups in total. The third-order valence-electron chi connectivity index (χ3n) is 3.42. The van der Waals surface area contributed by atoms with Crippen LogP contribution in [0, 0.1) is 20.8 Å². The zero-order valence-electron chi connectivity index (χ0n) is 12.6. The molecule has 112 valence electrons. The van der Waals surface area contributed by atoms with Crippen LogP contribution < -0.4 is 0 Å². The average Bonchev–Trinajstić information content (AvgIpc) is 2.43. The van der Waals surface area contributed by atoms with Crippen LogP contribution in [-0.4, -0.2) is 15.0 Å². The van der Waals surface area contributed by atoms with Gasteiger partial charge in [-0.05, 0) is 50.5 Å². The summed E-state index contributed by atoms with van der Waals surface area (Å²) in [7, 11) is -3.67. The summed E-state index contributed by atoms with van der Waals surface area (Å²) in [6, 6.07) is 12.8. The molecule has 0 saturated heterocycles. The first kappa shape index (κ1) is 15.7. The molecule has 0 heterocycles. The molecule has 2 rings (SSSR count). The van der Waals surface area contributed by atoms with Gasteiger partial charge < -0.3 is 0 Å². The molecular weight excluding hydrogens is 284 g/mol. The molecule has 0 aliphatic heterocycles. The fraction of sp³-hybridized carbons (Fsp3) is 0.294. The molecule has 0 aromatic heterocycles. The fourth-order valence-electron chi connectivity index (χ4n) is 2.10. The summed E-state index contributed by atoms with van der Waals surface area (Å²) in [4.78, 5) is 0.203. The van der Waals surface area contributed by atoms with Gasteiger partial charge in [0.05, 0.1) is 11.5 Å². The van der Waals surface area contributed by atoms with Crippen molar-refractivity contribution >= 4 is 10.1 Å². The Labute approximate surface area is 126 Å². The highest BCUT2D eigenvalue weighted by Crippen LogP contribution is 2.15. The minimum atomic E-state index is -3.67. The van der Waals surface area contributed by atoms with Crippen LogP contribution >= 0.6 is 0 Å². The maximum Gasteiger partial charge on any atom is 0.296 e. The monoisotopic (exact) mass is 304 g/mol. The highest BCUT2D eigenvalue weighted by atomic mass is 32.2. The molecule has 2 aromatic carbocycles. The van der Waals surface area contributed by atoms with Gasteiger partial charge >= 0.3 is 0 Å². The zero-order valence-corrected chi connectivity index (χ0v) is 13.4. The van der Waals surface area contributed by atoms with E-state index >= 15 is 0 Å². The minimum Gasteiger partial charge on any atom is -0.266 e. The lowest BCUT2D eigenvalue weighted by atomic mass is 10.0. The first-order valence-corrected chi connectivity index (χ1v) is 8.31. The number of aryl methyl sites for hydroxylation is 3. The largest absolute Gasteiger partial charge is 0.296 e. The molecule has 0 aliphatic rings. The maximum atomic E-state index is 12.1. The smallest absolute Gasteiger partial charge is 0.266 e. The van der Waals surface area contributed by atoms with Gasteiger partial charge in [0.2, 0.25) is 0 Å². The topological polar surface area (TPSA) is 43.4 Å². The van der Waals surface area contributed by atoms with E-state index in [4.69, 9.17) is 4.18 Å². The van der Waals surface area contributed by atoms with Gasteiger partial charge in [-0.15, -0.1) is 0 Å². The summed E-state index contributed by atoms with van der Waals surface area (Å²) in [5, 5.41) is 0. The Morgan fingerprint density at radius 2 is 1.52 bits per heavy atom. The van der Waals surface area contributed by atoms with Crippen LogP contribution in [0.3, 0.4) is 0 Å². The number of hydrogen-bond acceptors (Lipinski definition) is 3. The molecule has 0 atom stereocenters. The second-order valence-electron chi connectivity index (χ2n) is 5.27. The molecule has 3 nitrogen and oxygen atoms in total. The van der Waals surface area contributed by atoms with Gasteiger partial charge in [-0.2, -0.15) is 8.42 Å². The number of benzene rings is 2. The Kier molecular flexibility index (Phi) is 4.80. The normalized spacial score (nSPS) is 11.6. The molecule has 0 radical (unpaired) electrons. The van der Waals surface area contributed by atoms with E-state index in [0.29, 0.717) is 6.42 Å². The summed E-state index contributed by atoms with van der Waals surface area (Å²) in [6.45, 7) is 6.11. The Morgan fingerprint density at radius 3 is 2.19 bits per heavy atom. The first-order valence-electron chi connectivity index (χ1n) is 6.91. The highest BCUT2D eigenvalue weighted by molar-refractivity contribution is 7.86. The van der Waals surface area contributed by atoms with E-state index in [0.717, 1.165) is 22.3 Å². The lowest BCUT2D eigenvalue weighted by Crippen LogP contribution is -2.09. The van der Waals surface area contributed by atoms with E-state index in [1.807, 2.05) is 32.9 Å². The van der Waals surface area contributed by atoms with E-state index in [9.17, 15) is 8.42 Å². The highest BCUT2D eigenvalue weighted by Gasteiger charge is 2.14.